The number of ether oxygens (including phenoxy) is 2. The van der Waals surface area contributed by atoms with Gasteiger partial charge in [-0.2, -0.15) is 0 Å². The number of carboxylic acid groups (broad SMARTS) is 1. The van der Waals surface area contributed by atoms with E-state index in [1.807, 2.05) is 30.3 Å². The van der Waals surface area contributed by atoms with E-state index in [0.717, 1.165) is 28.8 Å². The van der Waals surface area contributed by atoms with Crippen LogP contribution in [0.1, 0.15) is 11.1 Å². The van der Waals surface area contributed by atoms with Crippen LogP contribution in [0.4, 0.5) is 17.6 Å². The fraction of sp³-hybridized carbons (Fsp3) is 0.0571. The van der Waals surface area contributed by atoms with Gasteiger partial charge in [-0.15, -0.1) is 0 Å². The van der Waals surface area contributed by atoms with Crippen LogP contribution in [0.15, 0.2) is 115 Å². The number of halogens is 4. The van der Waals surface area contributed by atoms with Crippen molar-refractivity contribution in [3.8, 4) is 33.8 Å². The minimum Gasteiger partial charge on any atom is -0.490 e. The van der Waals surface area contributed by atoms with Gasteiger partial charge < -0.3 is 14.6 Å². The minimum absolute atomic E-state index is 0.160. The second-order valence-electron chi connectivity index (χ2n) is 9.49. The van der Waals surface area contributed by atoms with Crippen LogP contribution >= 0.6 is 0 Å². The highest BCUT2D eigenvalue weighted by Gasteiger charge is 2.11. The smallest absolute Gasteiger partial charge is 0.341 e. The fourth-order valence-electron chi connectivity index (χ4n) is 4.51. The zero-order chi connectivity index (χ0) is 30.3. The molecule has 5 aromatic carbocycles. The molecule has 43 heavy (non-hydrogen) atoms. The van der Waals surface area contributed by atoms with E-state index in [4.69, 9.17) is 14.6 Å². The summed E-state index contributed by atoms with van der Waals surface area (Å²) in [5.41, 5.74) is 4.03. The first kappa shape index (κ1) is 29.1. The maximum atomic E-state index is 14.4. The molecular weight excluding hydrogens is 560 g/mol. The number of aliphatic carboxylic acids is 1. The molecule has 8 heteroatoms. The molecule has 0 saturated carbocycles. The summed E-state index contributed by atoms with van der Waals surface area (Å²) in [5.74, 6) is -2.81. The van der Waals surface area contributed by atoms with Gasteiger partial charge in [0.25, 0.3) is 0 Å². The van der Waals surface area contributed by atoms with Gasteiger partial charge >= 0.3 is 5.97 Å². The van der Waals surface area contributed by atoms with Crippen LogP contribution in [0.3, 0.4) is 0 Å². The summed E-state index contributed by atoms with van der Waals surface area (Å²) in [5, 5.41) is 8.76. The van der Waals surface area contributed by atoms with Gasteiger partial charge in [0.1, 0.15) is 41.4 Å². The molecule has 216 valence electrons. The van der Waals surface area contributed by atoms with E-state index >= 15 is 0 Å². The third-order valence-corrected chi connectivity index (χ3v) is 6.60. The Morgan fingerprint density at radius 3 is 1.47 bits per heavy atom. The van der Waals surface area contributed by atoms with Gasteiger partial charge in [0, 0.05) is 23.3 Å². The predicted octanol–water partition coefficient (Wildman–Crippen LogP) is 8.55. The van der Waals surface area contributed by atoms with Crippen LogP contribution in [-0.2, 0) is 4.79 Å². The van der Waals surface area contributed by atoms with Crippen molar-refractivity contribution in [1.82, 2.24) is 0 Å². The third kappa shape index (κ3) is 7.29. The van der Waals surface area contributed by atoms with E-state index in [1.165, 1.54) is 24.3 Å². The molecule has 0 aliphatic carbocycles. The van der Waals surface area contributed by atoms with E-state index in [0.29, 0.717) is 22.6 Å². The summed E-state index contributed by atoms with van der Waals surface area (Å²) >= 11 is 0. The molecule has 1 N–H and O–H groups in total. The Morgan fingerprint density at radius 2 is 1.05 bits per heavy atom. The van der Waals surface area contributed by atoms with Crippen molar-refractivity contribution >= 4 is 11.5 Å². The van der Waals surface area contributed by atoms with Gasteiger partial charge in [0.05, 0.1) is 0 Å². The van der Waals surface area contributed by atoms with Crippen molar-refractivity contribution in [3.05, 3.63) is 150 Å². The van der Waals surface area contributed by atoms with Crippen molar-refractivity contribution in [3.63, 3.8) is 0 Å². The highest BCUT2D eigenvalue weighted by atomic mass is 19.1. The normalized spacial score (nSPS) is 10.7. The Hall–Kier alpha value is -5.37. The Bertz CT molecular complexity index is 1670. The summed E-state index contributed by atoms with van der Waals surface area (Å²) in [6.45, 7) is -0.293. The average Bonchev–Trinajstić information content (AvgIpc) is 2.99. The molecule has 0 aliphatic rings. The van der Waals surface area contributed by atoms with E-state index in [9.17, 15) is 22.4 Å². The molecule has 0 amide bonds. The lowest BCUT2D eigenvalue weighted by Gasteiger charge is -2.13. The number of hydrogen-bond acceptors (Lipinski definition) is 3. The van der Waals surface area contributed by atoms with Gasteiger partial charge in [0.15, 0.2) is 6.61 Å². The molecule has 0 fully saturated rings. The molecule has 0 aromatic heterocycles. The lowest BCUT2D eigenvalue weighted by atomic mass is 9.93. The van der Waals surface area contributed by atoms with Gasteiger partial charge in [-0.05, 0) is 82.4 Å². The Morgan fingerprint density at radius 1 is 0.605 bits per heavy atom. The number of carboxylic acids is 1. The maximum Gasteiger partial charge on any atom is 0.341 e. The molecule has 0 unspecified atom stereocenters. The van der Waals surface area contributed by atoms with Crippen molar-refractivity contribution < 1.29 is 36.9 Å². The van der Waals surface area contributed by atoms with E-state index in [-0.39, 0.29) is 17.7 Å². The number of carbonyl (C=O) groups is 1. The second-order valence-corrected chi connectivity index (χ2v) is 9.49. The van der Waals surface area contributed by atoms with Gasteiger partial charge in [0.2, 0.25) is 0 Å². The van der Waals surface area contributed by atoms with E-state index in [2.05, 4.69) is 0 Å². The van der Waals surface area contributed by atoms with Gasteiger partial charge in [-0.25, -0.2) is 22.4 Å². The maximum absolute atomic E-state index is 14.4. The van der Waals surface area contributed by atoms with Gasteiger partial charge in [-0.1, -0.05) is 48.5 Å². The third-order valence-electron chi connectivity index (χ3n) is 6.60. The number of benzene rings is 5. The summed E-state index contributed by atoms with van der Waals surface area (Å²) in [7, 11) is 0. The van der Waals surface area contributed by atoms with Crippen molar-refractivity contribution in [2.45, 2.75) is 0 Å². The summed E-state index contributed by atoms with van der Waals surface area (Å²) in [4.78, 5) is 10.7. The summed E-state index contributed by atoms with van der Waals surface area (Å²) in [6, 6.07) is 27.5. The van der Waals surface area contributed by atoms with Crippen LogP contribution in [0.5, 0.6) is 11.5 Å². The van der Waals surface area contributed by atoms with Crippen LogP contribution < -0.4 is 9.47 Å². The molecule has 0 atom stereocenters. The Balaban J connectivity index is 1.42. The van der Waals surface area contributed by atoms with Crippen LogP contribution in [-0.4, -0.2) is 24.3 Å². The quantitative estimate of drug-likeness (QED) is 0.167. The van der Waals surface area contributed by atoms with E-state index < -0.39 is 35.8 Å². The number of hydrogen-bond donors (Lipinski definition) is 1. The summed E-state index contributed by atoms with van der Waals surface area (Å²) in [6.07, 6.45) is 1.86. The molecule has 0 aliphatic heterocycles. The zero-order valence-corrected chi connectivity index (χ0v) is 22.6. The Kier molecular flexibility index (Phi) is 8.86. The topological polar surface area (TPSA) is 55.8 Å². The standard InChI is InChI=1S/C35H24F4O4/c36-26-9-15-31(33(38)19-26)24-5-1-22(2-6-24)30(17-18-42-28-11-13-29(14-12-28)43-21-35(40)41)23-3-7-25(8-4-23)32-16-10-27(37)20-34(32)39/h1-17,19-20H,18,21H2,(H,40,41). The largest absolute Gasteiger partial charge is 0.490 e. The number of rotatable bonds is 10. The molecule has 0 radical (unpaired) electrons. The molecule has 0 saturated heterocycles. The molecule has 0 bridgehead atoms. The first-order valence-electron chi connectivity index (χ1n) is 13.2. The lowest BCUT2D eigenvalue weighted by Crippen LogP contribution is -2.09. The van der Waals surface area contributed by atoms with Crippen molar-refractivity contribution in [1.29, 1.82) is 0 Å². The van der Waals surface area contributed by atoms with Crippen LogP contribution in [0.25, 0.3) is 27.8 Å². The van der Waals surface area contributed by atoms with Crippen molar-refractivity contribution in [2.24, 2.45) is 0 Å². The molecule has 4 nitrogen and oxygen atoms in total. The fourth-order valence-corrected chi connectivity index (χ4v) is 4.51. The first-order valence-corrected chi connectivity index (χ1v) is 13.2. The van der Waals surface area contributed by atoms with Crippen molar-refractivity contribution in [2.75, 3.05) is 13.2 Å². The highest BCUT2D eigenvalue weighted by Crippen LogP contribution is 2.31. The summed E-state index contributed by atoms with van der Waals surface area (Å²) < 4.78 is 66.6. The molecular formula is C35H24F4O4. The monoisotopic (exact) mass is 584 g/mol. The SMILES string of the molecule is O=C(O)COc1ccc(OCC=C(c2ccc(-c3ccc(F)cc3F)cc2)c2ccc(-c3ccc(F)cc3F)cc2)cc1. The lowest BCUT2D eigenvalue weighted by molar-refractivity contribution is -0.139. The first-order chi connectivity index (χ1) is 20.8. The Labute approximate surface area is 245 Å². The highest BCUT2D eigenvalue weighted by molar-refractivity contribution is 5.82. The van der Waals surface area contributed by atoms with Gasteiger partial charge in [-0.3, -0.25) is 0 Å². The molecule has 0 heterocycles. The molecule has 5 aromatic rings. The molecule has 5 rings (SSSR count). The molecule has 0 spiro atoms. The predicted molar refractivity (Wildman–Crippen MR) is 156 cm³/mol. The average molecular weight is 585 g/mol. The zero-order valence-electron chi connectivity index (χ0n) is 22.6. The van der Waals surface area contributed by atoms with Crippen LogP contribution in [0.2, 0.25) is 0 Å². The second kappa shape index (κ2) is 13.1. The van der Waals surface area contributed by atoms with Crippen LogP contribution in [0, 0.1) is 23.3 Å². The minimum atomic E-state index is -1.08. The van der Waals surface area contributed by atoms with E-state index in [1.54, 1.807) is 48.5 Å².